The fourth-order valence-corrected chi connectivity index (χ4v) is 3.70. The van der Waals surface area contributed by atoms with Crippen LogP contribution in [0.15, 0.2) is 41.8 Å². The van der Waals surface area contributed by atoms with Crippen molar-refractivity contribution in [3.05, 3.63) is 52.2 Å². The Bertz CT molecular complexity index is 832. The molecule has 1 aromatic carbocycles. The Morgan fingerprint density at radius 2 is 1.93 bits per heavy atom. The maximum atomic E-state index is 12.5. The molecule has 1 fully saturated rings. The van der Waals surface area contributed by atoms with Crippen LogP contribution in [-0.4, -0.2) is 43.5 Å². The van der Waals surface area contributed by atoms with E-state index in [0.29, 0.717) is 35.6 Å². The summed E-state index contributed by atoms with van der Waals surface area (Å²) in [5, 5.41) is 10.3. The van der Waals surface area contributed by atoms with Gasteiger partial charge in [0, 0.05) is 26.1 Å². The molecule has 1 aliphatic rings. The van der Waals surface area contributed by atoms with Gasteiger partial charge >= 0.3 is 0 Å². The molecular formula is C21H25N3O4S. The quantitative estimate of drug-likeness (QED) is 0.549. The molecule has 1 aromatic heterocycles. The summed E-state index contributed by atoms with van der Waals surface area (Å²) in [6, 6.07) is 10.5. The van der Waals surface area contributed by atoms with Crippen LogP contribution in [0.25, 0.3) is 0 Å². The smallest absolute Gasteiger partial charge is 0.261 e. The second-order valence-electron chi connectivity index (χ2n) is 6.78. The molecule has 1 atom stereocenters. The summed E-state index contributed by atoms with van der Waals surface area (Å²) in [4.78, 5) is 37.3. The van der Waals surface area contributed by atoms with E-state index in [1.165, 1.54) is 11.3 Å². The van der Waals surface area contributed by atoms with E-state index in [-0.39, 0.29) is 30.2 Å². The number of para-hydroxylation sites is 1. The molecule has 0 aliphatic carbocycles. The highest BCUT2D eigenvalue weighted by molar-refractivity contribution is 7.12. The molecule has 1 unspecified atom stereocenters. The van der Waals surface area contributed by atoms with E-state index in [1.807, 2.05) is 11.4 Å². The summed E-state index contributed by atoms with van der Waals surface area (Å²) in [6.45, 7) is 1.61. The predicted octanol–water partition coefficient (Wildman–Crippen LogP) is 2.81. The van der Waals surface area contributed by atoms with Gasteiger partial charge in [-0.3, -0.25) is 14.4 Å². The van der Waals surface area contributed by atoms with Crippen LogP contribution >= 0.6 is 11.3 Å². The second kappa shape index (κ2) is 10.7. The van der Waals surface area contributed by atoms with Crippen molar-refractivity contribution in [3.63, 3.8) is 0 Å². The molecule has 1 aliphatic heterocycles. The number of hydrogen-bond donors (Lipinski definition) is 3. The minimum absolute atomic E-state index is 0.0603. The average molecular weight is 416 g/mol. The Labute approximate surface area is 173 Å². The maximum absolute atomic E-state index is 12.5. The zero-order valence-electron chi connectivity index (χ0n) is 16.1. The molecule has 3 N–H and O–H groups in total. The van der Waals surface area contributed by atoms with Crippen molar-refractivity contribution >= 4 is 34.7 Å². The van der Waals surface area contributed by atoms with E-state index in [1.54, 1.807) is 30.3 Å². The summed E-state index contributed by atoms with van der Waals surface area (Å²) in [7, 11) is 0. The van der Waals surface area contributed by atoms with Crippen molar-refractivity contribution in [3.8, 4) is 0 Å². The summed E-state index contributed by atoms with van der Waals surface area (Å²) in [5.74, 6) is -0.567. The first kappa shape index (κ1) is 21.0. The molecule has 3 amide bonds. The van der Waals surface area contributed by atoms with Crippen LogP contribution in [0.5, 0.6) is 0 Å². The summed E-state index contributed by atoms with van der Waals surface area (Å²) in [6.07, 6.45) is 2.78. The fourth-order valence-electron chi connectivity index (χ4n) is 3.06. The number of ether oxygens (including phenoxy) is 1. The molecule has 3 rings (SSSR count). The Morgan fingerprint density at radius 3 is 2.69 bits per heavy atom. The van der Waals surface area contributed by atoms with E-state index < -0.39 is 0 Å². The van der Waals surface area contributed by atoms with Crippen molar-refractivity contribution < 1.29 is 19.1 Å². The predicted molar refractivity (Wildman–Crippen MR) is 112 cm³/mol. The highest BCUT2D eigenvalue weighted by Crippen LogP contribution is 2.16. The van der Waals surface area contributed by atoms with Gasteiger partial charge in [0.2, 0.25) is 5.91 Å². The topological polar surface area (TPSA) is 96.5 Å². The number of amides is 3. The summed E-state index contributed by atoms with van der Waals surface area (Å²) >= 11 is 1.38. The molecule has 154 valence electrons. The Balaban J connectivity index is 1.43. The van der Waals surface area contributed by atoms with Gasteiger partial charge in [-0.15, -0.1) is 11.3 Å². The van der Waals surface area contributed by atoms with Crippen LogP contribution in [0, 0.1) is 0 Å². The fraction of sp³-hybridized carbons (Fsp3) is 0.381. The minimum atomic E-state index is -0.236. The van der Waals surface area contributed by atoms with Crippen molar-refractivity contribution in [2.75, 3.05) is 25.0 Å². The van der Waals surface area contributed by atoms with Gasteiger partial charge in [-0.25, -0.2) is 0 Å². The van der Waals surface area contributed by atoms with Crippen LogP contribution in [-0.2, 0) is 9.53 Å². The van der Waals surface area contributed by atoms with E-state index in [9.17, 15) is 14.4 Å². The van der Waals surface area contributed by atoms with Crippen LogP contribution in [0.1, 0.15) is 45.7 Å². The molecule has 0 spiro atoms. The highest BCUT2D eigenvalue weighted by atomic mass is 32.1. The molecule has 7 nitrogen and oxygen atoms in total. The summed E-state index contributed by atoms with van der Waals surface area (Å²) in [5.41, 5.74) is 0.898. The zero-order valence-corrected chi connectivity index (χ0v) is 16.9. The lowest BCUT2D eigenvalue weighted by Crippen LogP contribution is -2.32. The second-order valence-corrected chi connectivity index (χ2v) is 7.72. The summed E-state index contributed by atoms with van der Waals surface area (Å²) < 4.78 is 5.52. The SMILES string of the molecule is O=C(CCCNC(=O)c1cccs1)Nc1ccccc1C(=O)NCC1CCCO1. The highest BCUT2D eigenvalue weighted by Gasteiger charge is 2.18. The number of benzene rings is 1. The van der Waals surface area contributed by atoms with Gasteiger partial charge in [0.1, 0.15) is 0 Å². The number of nitrogens with one attached hydrogen (secondary N) is 3. The maximum Gasteiger partial charge on any atom is 0.261 e. The molecule has 0 saturated carbocycles. The number of anilines is 1. The van der Waals surface area contributed by atoms with E-state index >= 15 is 0 Å². The van der Waals surface area contributed by atoms with Crippen LogP contribution in [0.3, 0.4) is 0 Å². The van der Waals surface area contributed by atoms with Crippen molar-refractivity contribution in [1.82, 2.24) is 10.6 Å². The number of rotatable bonds is 9. The Hall–Kier alpha value is -2.71. The number of carbonyl (C=O) groups is 3. The van der Waals surface area contributed by atoms with E-state index in [2.05, 4.69) is 16.0 Å². The largest absolute Gasteiger partial charge is 0.376 e. The van der Waals surface area contributed by atoms with E-state index in [4.69, 9.17) is 4.74 Å². The molecule has 2 heterocycles. The molecule has 0 bridgehead atoms. The minimum Gasteiger partial charge on any atom is -0.376 e. The first-order valence-corrected chi connectivity index (χ1v) is 10.6. The molecule has 1 saturated heterocycles. The number of thiophene rings is 1. The standard InChI is InChI=1S/C21H25N3O4S/c25-19(10-3-11-22-21(27)18-9-5-13-29-18)24-17-8-2-1-7-16(17)20(26)23-14-15-6-4-12-28-15/h1-2,5,7-9,13,15H,3-4,6,10-12,14H2,(H,22,27)(H,23,26)(H,24,25). The molecular weight excluding hydrogens is 390 g/mol. The van der Waals surface area contributed by atoms with Gasteiger partial charge in [0.15, 0.2) is 0 Å². The van der Waals surface area contributed by atoms with Crippen LogP contribution < -0.4 is 16.0 Å². The third kappa shape index (κ3) is 6.40. The van der Waals surface area contributed by atoms with Crippen molar-refractivity contribution in [2.24, 2.45) is 0 Å². The lowest BCUT2D eigenvalue weighted by Gasteiger charge is -2.14. The first-order chi connectivity index (χ1) is 14.1. The Kier molecular flexibility index (Phi) is 7.77. The molecule has 8 heteroatoms. The van der Waals surface area contributed by atoms with E-state index in [0.717, 1.165) is 19.4 Å². The van der Waals surface area contributed by atoms with Crippen LogP contribution in [0.2, 0.25) is 0 Å². The third-order valence-electron chi connectivity index (χ3n) is 4.57. The third-order valence-corrected chi connectivity index (χ3v) is 5.44. The van der Waals surface area contributed by atoms with Crippen LogP contribution in [0.4, 0.5) is 5.69 Å². The Morgan fingerprint density at radius 1 is 1.07 bits per heavy atom. The van der Waals surface area contributed by atoms with Gasteiger partial charge in [-0.05, 0) is 42.8 Å². The average Bonchev–Trinajstić information content (AvgIpc) is 3.44. The number of hydrogen-bond acceptors (Lipinski definition) is 5. The van der Waals surface area contributed by atoms with Gasteiger partial charge in [-0.1, -0.05) is 18.2 Å². The first-order valence-electron chi connectivity index (χ1n) is 9.74. The van der Waals surface area contributed by atoms with Gasteiger partial charge < -0.3 is 20.7 Å². The normalized spacial score (nSPS) is 15.7. The van der Waals surface area contributed by atoms with Gasteiger partial charge in [-0.2, -0.15) is 0 Å². The lowest BCUT2D eigenvalue weighted by molar-refractivity contribution is -0.116. The molecule has 29 heavy (non-hydrogen) atoms. The van der Waals surface area contributed by atoms with Gasteiger partial charge in [0.05, 0.1) is 22.2 Å². The zero-order chi connectivity index (χ0) is 20.5. The van der Waals surface area contributed by atoms with Crippen molar-refractivity contribution in [2.45, 2.75) is 31.8 Å². The van der Waals surface area contributed by atoms with Gasteiger partial charge in [0.25, 0.3) is 11.8 Å². The molecule has 2 aromatic rings. The lowest BCUT2D eigenvalue weighted by atomic mass is 10.1. The molecule has 0 radical (unpaired) electrons. The monoisotopic (exact) mass is 415 g/mol. The number of carbonyl (C=O) groups excluding carboxylic acids is 3. The van der Waals surface area contributed by atoms with Crippen molar-refractivity contribution in [1.29, 1.82) is 0 Å².